The predicted molar refractivity (Wildman–Crippen MR) is 36.3 cm³/mol. The monoisotopic (exact) mass is 146 g/mol. The minimum absolute atomic E-state index is 0.0483. The first-order valence-electron chi connectivity index (χ1n) is 2.98. The number of hydrogen-bond donors (Lipinski definition) is 0. The van der Waals surface area contributed by atoms with Gasteiger partial charge >= 0.3 is 5.97 Å². The molecule has 0 radical (unpaired) electrons. The molecule has 0 bridgehead atoms. The van der Waals surface area contributed by atoms with E-state index >= 15 is 0 Å². The fraction of sp³-hybridized carbons (Fsp3) is 0.571. The summed E-state index contributed by atoms with van der Waals surface area (Å²) in [7, 11) is 1.25. The number of halogens is 1. The Morgan fingerprint density at radius 3 is 2.60 bits per heavy atom. The minimum Gasteiger partial charge on any atom is -0.466 e. The molecule has 0 amide bonds. The zero-order valence-electron chi connectivity index (χ0n) is 6.19. The molecule has 58 valence electrons. The van der Waals surface area contributed by atoms with E-state index in [0.29, 0.717) is 0 Å². The van der Waals surface area contributed by atoms with Crippen LogP contribution in [0.15, 0.2) is 12.2 Å². The van der Waals surface area contributed by atoms with Crippen LogP contribution in [0.1, 0.15) is 13.3 Å². The Morgan fingerprint density at radius 2 is 2.30 bits per heavy atom. The highest BCUT2D eigenvalue weighted by Gasteiger charge is 2.09. The lowest BCUT2D eigenvalue weighted by Gasteiger charge is -2.02. The van der Waals surface area contributed by atoms with Crippen LogP contribution >= 0.6 is 0 Å². The van der Waals surface area contributed by atoms with E-state index in [1.165, 1.54) is 14.0 Å². The highest BCUT2D eigenvalue weighted by molar-refractivity contribution is 5.87. The lowest BCUT2D eigenvalue weighted by molar-refractivity contribution is -0.136. The van der Waals surface area contributed by atoms with Crippen LogP contribution in [0.3, 0.4) is 0 Å². The van der Waals surface area contributed by atoms with Crippen molar-refractivity contribution in [1.29, 1.82) is 0 Å². The average molecular weight is 146 g/mol. The molecule has 0 aromatic carbocycles. The first-order valence-corrected chi connectivity index (χ1v) is 2.98. The maximum Gasteiger partial charge on any atom is 0.333 e. The Kier molecular flexibility index (Phi) is 3.69. The van der Waals surface area contributed by atoms with Crippen LogP contribution in [0.2, 0.25) is 0 Å². The number of methoxy groups -OCH3 is 1. The normalized spacial score (nSPS) is 12.3. The van der Waals surface area contributed by atoms with E-state index in [0.717, 1.165) is 0 Å². The molecule has 0 aliphatic rings. The molecule has 0 saturated carbocycles. The van der Waals surface area contributed by atoms with Crippen molar-refractivity contribution in [1.82, 2.24) is 0 Å². The van der Waals surface area contributed by atoms with Crippen molar-refractivity contribution in [3.05, 3.63) is 12.2 Å². The summed E-state index contributed by atoms with van der Waals surface area (Å²) in [5.74, 6) is -0.537. The zero-order valence-corrected chi connectivity index (χ0v) is 6.19. The van der Waals surface area contributed by atoms with Gasteiger partial charge in [-0.05, 0) is 6.92 Å². The van der Waals surface area contributed by atoms with Crippen LogP contribution in [-0.4, -0.2) is 19.3 Å². The first-order chi connectivity index (χ1) is 4.57. The second kappa shape index (κ2) is 4.04. The summed E-state index contributed by atoms with van der Waals surface area (Å²) in [4.78, 5) is 10.6. The first kappa shape index (κ1) is 9.14. The molecule has 0 N–H and O–H groups in total. The second-order valence-corrected chi connectivity index (χ2v) is 2.08. The average Bonchev–Trinajstić information content (AvgIpc) is 1.85. The molecule has 2 nitrogen and oxygen atoms in total. The van der Waals surface area contributed by atoms with Gasteiger partial charge in [-0.2, -0.15) is 0 Å². The smallest absolute Gasteiger partial charge is 0.333 e. The number of ether oxygens (including phenoxy) is 1. The summed E-state index contributed by atoms with van der Waals surface area (Å²) in [6, 6.07) is 0. The molecule has 0 spiro atoms. The molecule has 0 saturated heterocycles. The molecule has 3 heteroatoms. The third-order valence-electron chi connectivity index (χ3n) is 1.00. The summed E-state index contributed by atoms with van der Waals surface area (Å²) in [6.07, 6.45) is -0.987. The van der Waals surface area contributed by atoms with Gasteiger partial charge in [0, 0.05) is 12.0 Å². The van der Waals surface area contributed by atoms with Crippen molar-refractivity contribution >= 4 is 5.97 Å². The molecule has 0 aliphatic heterocycles. The summed E-state index contributed by atoms with van der Waals surface area (Å²) in [5, 5.41) is 0. The summed E-state index contributed by atoms with van der Waals surface area (Å²) in [6.45, 7) is 4.72. The molecular weight excluding hydrogens is 135 g/mol. The Bertz CT molecular complexity index is 141. The lowest BCUT2D eigenvalue weighted by atomic mass is 10.1. The van der Waals surface area contributed by atoms with E-state index in [4.69, 9.17) is 0 Å². The molecule has 0 rings (SSSR count). The van der Waals surface area contributed by atoms with Gasteiger partial charge in [0.1, 0.15) is 6.17 Å². The van der Waals surface area contributed by atoms with Crippen molar-refractivity contribution in [3.8, 4) is 0 Å². The summed E-state index contributed by atoms with van der Waals surface area (Å²) < 4.78 is 16.5. The molecular formula is C7H11FO2. The highest BCUT2D eigenvalue weighted by atomic mass is 19.1. The van der Waals surface area contributed by atoms with Crippen LogP contribution in [0.5, 0.6) is 0 Å². The summed E-state index contributed by atoms with van der Waals surface area (Å²) >= 11 is 0. The Hall–Kier alpha value is -0.860. The minimum atomic E-state index is -1.04. The number of alkyl halides is 1. The van der Waals surface area contributed by atoms with Crippen molar-refractivity contribution in [2.45, 2.75) is 19.5 Å². The van der Waals surface area contributed by atoms with Crippen LogP contribution in [0, 0.1) is 0 Å². The fourth-order valence-corrected chi connectivity index (χ4v) is 0.567. The van der Waals surface area contributed by atoms with E-state index in [2.05, 4.69) is 11.3 Å². The molecule has 10 heavy (non-hydrogen) atoms. The maximum atomic E-state index is 12.2. The number of carbonyl (C=O) groups excluding carboxylic acids is 1. The third-order valence-corrected chi connectivity index (χ3v) is 1.00. The van der Waals surface area contributed by atoms with E-state index in [-0.39, 0.29) is 12.0 Å². The standard InChI is InChI=1S/C7H11FO2/c1-5(4-6(2)8)7(9)10-3/h6H,1,4H2,2-3H3. The molecule has 0 aliphatic carbocycles. The Morgan fingerprint density at radius 1 is 1.80 bits per heavy atom. The van der Waals surface area contributed by atoms with Crippen LogP contribution in [0.4, 0.5) is 4.39 Å². The van der Waals surface area contributed by atoms with Gasteiger partial charge in [0.05, 0.1) is 7.11 Å². The molecule has 0 aromatic heterocycles. The largest absolute Gasteiger partial charge is 0.466 e. The Labute approximate surface area is 59.7 Å². The lowest BCUT2D eigenvalue weighted by Crippen LogP contribution is -2.07. The van der Waals surface area contributed by atoms with Crippen LogP contribution in [0.25, 0.3) is 0 Å². The van der Waals surface area contributed by atoms with Gasteiger partial charge in [0.2, 0.25) is 0 Å². The van der Waals surface area contributed by atoms with Crippen molar-refractivity contribution in [3.63, 3.8) is 0 Å². The number of rotatable bonds is 3. The quantitative estimate of drug-likeness (QED) is 0.445. The van der Waals surface area contributed by atoms with E-state index < -0.39 is 12.1 Å². The zero-order chi connectivity index (χ0) is 8.15. The molecule has 0 aromatic rings. The van der Waals surface area contributed by atoms with Crippen molar-refractivity contribution < 1.29 is 13.9 Å². The van der Waals surface area contributed by atoms with E-state index in [9.17, 15) is 9.18 Å². The molecule has 0 heterocycles. The number of carbonyl (C=O) groups is 1. The van der Waals surface area contributed by atoms with E-state index in [1.54, 1.807) is 0 Å². The fourth-order valence-electron chi connectivity index (χ4n) is 0.567. The van der Waals surface area contributed by atoms with Crippen molar-refractivity contribution in [2.75, 3.05) is 7.11 Å². The molecule has 1 unspecified atom stereocenters. The van der Waals surface area contributed by atoms with Gasteiger partial charge in [-0.1, -0.05) is 6.58 Å². The molecule has 1 atom stereocenters. The summed E-state index contributed by atoms with van der Waals surface area (Å²) in [5.41, 5.74) is 0.178. The predicted octanol–water partition coefficient (Wildman–Crippen LogP) is 1.46. The SMILES string of the molecule is C=C(CC(C)F)C(=O)OC. The highest BCUT2D eigenvalue weighted by Crippen LogP contribution is 2.06. The van der Waals surface area contributed by atoms with Gasteiger partial charge in [-0.25, -0.2) is 9.18 Å². The van der Waals surface area contributed by atoms with Gasteiger partial charge in [0.25, 0.3) is 0 Å². The van der Waals surface area contributed by atoms with E-state index in [1.807, 2.05) is 0 Å². The topological polar surface area (TPSA) is 26.3 Å². The number of esters is 1. The maximum absolute atomic E-state index is 12.2. The van der Waals surface area contributed by atoms with Crippen LogP contribution < -0.4 is 0 Å². The number of hydrogen-bond acceptors (Lipinski definition) is 2. The van der Waals surface area contributed by atoms with Gasteiger partial charge in [0.15, 0.2) is 0 Å². The van der Waals surface area contributed by atoms with Crippen molar-refractivity contribution in [2.24, 2.45) is 0 Å². The van der Waals surface area contributed by atoms with Gasteiger partial charge < -0.3 is 4.74 Å². The van der Waals surface area contributed by atoms with Gasteiger partial charge in [-0.3, -0.25) is 0 Å². The van der Waals surface area contributed by atoms with Gasteiger partial charge in [-0.15, -0.1) is 0 Å². The second-order valence-electron chi connectivity index (χ2n) is 2.08. The third kappa shape index (κ3) is 3.22. The Balaban J connectivity index is 3.74. The van der Waals surface area contributed by atoms with Crippen LogP contribution in [-0.2, 0) is 9.53 Å². The molecule has 0 fully saturated rings.